The van der Waals surface area contributed by atoms with Crippen LogP contribution in [0.5, 0.6) is 0 Å². The fourth-order valence-corrected chi connectivity index (χ4v) is 2.78. The minimum absolute atomic E-state index is 0.00362. The Balaban J connectivity index is 1.90. The highest BCUT2D eigenvalue weighted by atomic mass is 16.5. The summed E-state index contributed by atoms with van der Waals surface area (Å²) in [4.78, 5) is 14.2. The molecule has 2 aliphatic rings. The Morgan fingerprint density at radius 1 is 1.24 bits per heavy atom. The highest BCUT2D eigenvalue weighted by Gasteiger charge is 2.43. The molecule has 0 bridgehead atoms. The van der Waals surface area contributed by atoms with E-state index in [-0.39, 0.29) is 24.1 Å². The number of nitrogens with zero attached hydrogens (tertiary/aromatic N) is 1. The predicted octanol–water partition coefficient (Wildman–Crippen LogP) is 2.34. The van der Waals surface area contributed by atoms with Crippen molar-refractivity contribution in [2.75, 3.05) is 6.61 Å². The lowest BCUT2D eigenvalue weighted by Crippen LogP contribution is -2.45. The molecule has 0 unspecified atom stereocenters. The number of benzene rings is 1. The van der Waals surface area contributed by atoms with Crippen LogP contribution in [0.15, 0.2) is 30.3 Å². The monoisotopic (exact) mass is 231 g/mol. The quantitative estimate of drug-likeness (QED) is 0.742. The lowest BCUT2D eigenvalue weighted by Gasteiger charge is -2.35. The van der Waals surface area contributed by atoms with E-state index in [1.54, 1.807) is 0 Å². The molecule has 1 aromatic carbocycles. The van der Waals surface area contributed by atoms with Crippen molar-refractivity contribution in [1.82, 2.24) is 4.90 Å². The van der Waals surface area contributed by atoms with Crippen LogP contribution in [0.4, 0.5) is 0 Å². The Bertz CT molecular complexity index is 417. The van der Waals surface area contributed by atoms with Crippen LogP contribution >= 0.6 is 0 Å². The van der Waals surface area contributed by atoms with E-state index in [4.69, 9.17) is 4.74 Å². The third kappa shape index (κ3) is 1.75. The summed E-state index contributed by atoms with van der Waals surface area (Å²) in [5, 5.41) is 0. The molecule has 1 aromatic rings. The molecule has 0 aromatic heterocycles. The maximum Gasteiger partial charge on any atom is 0.228 e. The normalized spacial score (nSPS) is 32.6. The number of hydrogen-bond acceptors (Lipinski definition) is 2. The first kappa shape index (κ1) is 10.8. The molecule has 3 rings (SSSR count). The topological polar surface area (TPSA) is 29.5 Å². The molecule has 0 aliphatic carbocycles. The van der Waals surface area contributed by atoms with E-state index in [1.807, 2.05) is 30.0 Å². The van der Waals surface area contributed by atoms with Gasteiger partial charge in [0.1, 0.15) is 6.23 Å². The molecule has 0 N–H and O–H groups in total. The van der Waals surface area contributed by atoms with Crippen LogP contribution < -0.4 is 0 Å². The van der Waals surface area contributed by atoms with Gasteiger partial charge in [-0.25, -0.2) is 0 Å². The van der Waals surface area contributed by atoms with E-state index in [2.05, 4.69) is 12.1 Å². The maximum absolute atomic E-state index is 12.2. The SMILES string of the molecule is C[C@@H]1CC[C@@H]2OC[C@@H](c3ccccc3)N2C1=O. The molecule has 2 heterocycles. The van der Waals surface area contributed by atoms with Gasteiger partial charge in [-0.05, 0) is 18.4 Å². The van der Waals surface area contributed by atoms with Crippen molar-refractivity contribution in [3.05, 3.63) is 35.9 Å². The van der Waals surface area contributed by atoms with Gasteiger partial charge in [0.25, 0.3) is 0 Å². The Morgan fingerprint density at radius 3 is 2.76 bits per heavy atom. The molecule has 3 heteroatoms. The molecular formula is C14H17NO2. The van der Waals surface area contributed by atoms with Crippen LogP contribution in [0.25, 0.3) is 0 Å². The smallest absolute Gasteiger partial charge is 0.228 e. The van der Waals surface area contributed by atoms with Crippen molar-refractivity contribution < 1.29 is 9.53 Å². The van der Waals surface area contributed by atoms with Gasteiger partial charge in [-0.3, -0.25) is 4.79 Å². The van der Waals surface area contributed by atoms with Gasteiger partial charge in [0.15, 0.2) is 0 Å². The van der Waals surface area contributed by atoms with Crippen LogP contribution in [-0.2, 0) is 9.53 Å². The minimum atomic E-state index is 0.00362. The number of amides is 1. The van der Waals surface area contributed by atoms with Crippen molar-refractivity contribution in [1.29, 1.82) is 0 Å². The van der Waals surface area contributed by atoms with E-state index >= 15 is 0 Å². The Kier molecular flexibility index (Phi) is 2.63. The fraction of sp³-hybridized carbons (Fsp3) is 0.500. The second-order valence-electron chi connectivity index (χ2n) is 4.94. The van der Waals surface area contributed by atoms with Crippen LogP contribution in [0.2, 0.25) is 0 Å². The van der Waals surface area contributed by atoms with E-state index in [0.29, 0.717) is 6.61 Å². The molecule has 2 saturated heterocycles. The predicted molar refractivity (Wildman–Crippen MR) is 64.2 cm³/mol. The van der Waals surface area contributed by atoms with Crippen LogP contribution in [0, 0.1) is 5.92 Å². The van der Waals surface area contributed by atoms with Crippen LogP contribution in [0.1, 0.15) is 31.4 Å². The highest BCUT2D eigenvalue weighted by molar-refractivity contribution is 5.80. The summed E-state index contributed by atoms with van der Waals surface area (Å²) in [6, 6.07) is 10.3. The highest BCUT2D eigenvalue weighted by Crippen LogP contribution is 2.37. The van der Waals surface area contributed by atoms with Gasteiger partial charge in [-0.2, -0.15) is 0 Å². The number of carbonyl (C=O) groups is 1. The van der Waals surface area contributed by atoms with Gasteiger partial charge in [0.05, 0.1) is 12.6 Å². The van der Waals surface area contributed by atoms with E-state index in [9.17, 15) is 4.79 Å². The lowest BCUT2D eigenvalue weighted by molar-refractivity contribution is -0.147. The van der Waals surface area contributed by atoms with Crippen molar-refractivity contribution in [3.8, 4) is 0 Å². The number of ether oxygens (including phenoxy) is 1. The van der Waals surface area contributed by atoms with E-state index in [1.165, 1.54) is 5.56 Å². The van der Waals surface area contributed by atoms with Crippen molar-refractivity contribution in [3.63, 3.8) is 0 Å². The first-order valence-corrected chi connectivity index (χ1v) is 6.26. The molecule has 2 aliphatic heterocycles. The summed E-state index contributed by atoms with van der Waals surface area (Å²) < 4.78 is 5.75. The van der Waals surface area contributed by atoms with Crippen LogP contribution in [0.3, 0.4) is 0 Å². The summed E-state index contributed by atoms with van der Waals surface area (Å²) >= 11 is 0. The maximum atomic E-state index is 12.2. The molecule has 2 fully saturated rings. The summed E-state index contributed by atoms with van der Waals surface area (Å²) in [6.45, 7) is 2.64. The Morgan fingerprint density at radius 2 is 2.00 bits per heavy atom. The van der Waals surface area contributed by atoms with E-state index in [0.717, 1.165) is 12.8 Å². The zero-order valence-electron chi connectivity index (χ0n) is 10.0. The Labute approximate surface area is 101 Å². The van der Waals surface area contributed by atoms with Crippen molar-refractivity contribution in [2.24, 2.45) is 5.92 Å². The Hall–Kier alpha value is -1.35. The van der Waals surface area contributed by atoms with Crippen molar-refractivity contribution in [2.45, 2.75) is 32.0 Å². The second kappa shape index (κ2) is 4.15. The van der Waals surface area contributed by atoms with Crippen molar-refractivity contribution >= 4 is 5.91 Å². The number of carbonyl (C=O) groups excluding carboxylic acids is 1. The number of piperidine rings is 1. The van der Waals surface area contributed by atoms with Gasteiger partial charge in [0, 0.05) is 5.92 Å². The third-order valence-corrected chi connectivity index (χ3v) is 3.80. The lowest BCUT2D eigenvalue weighted by atomic mass is 9.95. The zero-order chi connectivity index (χ0) is 11.8. The molecular weight excluding hydrogens is 214 g/mol. The zero-order valence-corrected chi connectivity index (χ0v) is 10.0. The summed E-state index contributed by atoms with van der Waals surface area (Å²) in [5.41, 5.74) is 1.18. The number of hydrogen-bond donors (Lipinski definition) is 0. The molecule has 90 valence electrons. The molecule has 0 spiro atoms. The summed E-state index contributed by atoms with van der Waals surface area (Å²) in [7, 11) is 0. The molecule has 17 heavy (non-hydrogen) atoms. The minimum Gasteiger partial charge on any atom is -0.356 e. The van der Waals surface area contributed by atoms with Gasteiger partial charge in [-0.15, -0.1) is 0 Å². The molecule has 0 saturated carbocycles. The fourth-order valence-electron chi connectivity index (χ4n) is 2.78. The standard InChI is InChI=1S/C14H17NO2/c1-10-7-8-13-15(14(10)16)12(9-17-13)11-5-3-2-4-6-11/h2-6,10,12-13H,7-9H2,1H3/t10-,12+,13+/m1/s1. The van der Waals surface area contributed by atoms with E-state index < -0.39 is 0 Å². The first-order valence-electron chi connectivity index (χ1n) is 6.26. The largest absolute Gasteiger partial charge is 0.356 e. The van der Waals surface area contributed by atoms with Crippen LogP contribution in [-0.4, -0.2) is 23.6 Å². The summed E-state index contributed by atoms with van der Waals surface area (Å²) in [6.07, 6.45) is 1.92. The van der Waals surface area contributed by atoms with Gasteiger partial charge in [0.2, 0.25) is 5.91 Å². The first-order chi connectivity index (χ1) is 8.27. The third-order valence-electron chi connectivity index (χ3n) is 3.80. The van der Waals surface area contributed by atoms with Gasteiger partial charge >= 0.3 is 0 Å². The molecule has 1 amide bonds. The molecule has 0 radical (unpaired) electrons. The number of fused-ring (bicyclic) bond motifs is 1. The number of rotatable bonds is 1. The average molecular weight is 231 g/mol. The van der Waals surface area contributed by atoms with Gasteiger partial charge < -0.3 is 9.64 Å². The summed E-state index contributed by atoms with van der Waals surface area (Å²) in [5.74, 6) is 0.381. The second-order valence-corrected chi connectivity index (χ2v) is 4.94. The average Bonchev–Trinajstić information content (AvgIpc) is 2.79. The molecule has 3 nitrogen and oxygen atoms in total. The van der Waals surface area contributed by atoms with Gasteiger partial charge in [-0.1, -0.05) is 37.3 Å². The molecule has 3 atom stereocenters.